The lowest BCUT2D eigenvalue weighted by Crippen LogP contribution is -2.08. The van der Waals surface area contributed by atoms with E-state index in [0.717, 1.165) is 12.8 Å². The summed E-state index contributed by atoms with van der Waals surface area (Å²) in [5.41, 5.74) is 1.31. The quantitative estimate of drug-likeness (QED) is 0.594. The molecule has 0 saturated heterocycles. The third-order valence-electron chi connectivity index (χ3n) is 2.94. The first-order chi connectivity index (χ1) is 9.04. The second-order valence-electron chi connectivity index (χ2n) is 4.40. The van der Waals surface area contributed by atoms with E-state index >= 15 is 0 Å². The number of benzene rings is 1. The highest BCUT2D eigenvalue weighted by molar-refractivity contribution is 9.09. The van der Waals surface area contributed by atoms with Crippen LogP contribution in [0.15, 0.2) is 12.1 Å². The Morgan fingerprint density at radius 2 is 2.05 bits per heavy atom. The maximum atomic E-state index is 11.9. The van der Waals surface area contributed by atoms with Crippen LogP contribution in [0.2, 0.25) is 0 Å². The lowest BCUT2D eigenvalue weighted by atomic mass is 9.97. The number of Topliss-reactive ketones (excluding diaryl/α,β-unsaturated/α-hetero) is 1. The first-order valence-corrected chi connectivity index (χ1v) is 7.65. The van der Waals surface area contributed by atoms with Crippen molar-refractivity contribution in [2.24, 2.45) is 0 Å². The Balaban J connectivity index is 3.18. The molecule has 0 aliphatic heterocycles. The van der Waals surface area contributed by atoms with Gasteiger partial charge in [-0.15, -0.1) is 0 Å². The molecule has 0 aromatic heterocycles. The van der Waals surface area contributed by atoms with Crippen LogP contribution in [0.25, 0.3) is 0 Å². The molecular weight excluding hydrogens is 308 g/mol. The van der Waals surface area contributed by atoms with E-state index in [1.165, 1.54) is 0 Å². The molecule has 3 nitrogen and oxygen atoms in total. The van der Waals surface area contributed by atoms with Crippen LogP contribution >= 0.6 is 15.9 Å². The van der Waals surface area contributed by atoms with Gasteiger partial charge in [-0.3, -0.25) is 4.79 Å². The van der Waals surface area contributed by atoms with Crippen molar-refractivity contribution in [2.45, 2.75) is 51.5 Å². The molecule has 0 spiro atoms. The van der Waals surface area contributed by atoms with Crippen molar-refractivity contribution in [1.82, 2.24) is 0 Å². The molecule has 1 N–H and O–H groups in total. The van der Waals surface area contributed by atoms with Crippen LogP contribution in [0, 0.1) is 0 Å². The van der Waals surface area contributed by atoms with Crippen molar-refractivity contribution in [3.8, 4) is 11.5 Å². The summed E-state index contributed by atoms with van der Waals surface area (Å²) in [5.74, 6) is 0.579. The highest BCUT2D eigenvalue weighted by Crippen LogP contribution is 2.35. The molecule has 0 radical (unpaired) electrons. The van der Waals surface area contributed by atoms with Gasteiger partial charge in [-0.05, 0) is 40.9 Å². The second kappa shape index (κ2) is 7.53. The van der Waals surface area contributed by atoms with E-state index in [1.807, 2.05) is 20.8 Å². The number of halogens is 1. The number of phenolic OH excluding ortho intramolecular Hbond substituents is 1. The fourth-order valence-corrected chi connectivity index (χ4v) is 2.09. The summed E-state index contributed by atoms with van der Waals surface area (Å²) < 4.78 is 5.61. The standard InChI is InChI=1S/C15H21BrO3/c1-4-7-11-10(12(17)5-2)8-9-13(15(11)18)19-14(16)6-3/h8-9,14,18H,4-7H2,1-3H3. The lowest BCUT2D eigenvalue weighted by Gasteiger charge is -2.16. The SMILES string of the molecule is CCCc1c(C(=O)CC)ccc(OC(Br)CC)c1O. The zero-order valence-corrected chi connectivity index (χ0v) is 13.3. The fraction of sp³-hybridized carbons (Fsp3) is 0.533. The van der Waals surface area contributed by atoms with Crippen LogP contribution < -0.4 is 4.74 Å². The second-order valence-corrected chi connectivity index (χ2v) is 5.42. The number of ether oxygens (including phenoxy) is 1. The fourth-order valence-electron chi connectivity index (χ4n) is 1.89. The van der Waals surface area contributed by atoms with Crippen LogP contribution in [0.1, 0.15) is 56.0 Å². The molecule has 4 heteroatoms. The Morgan fingerprint density at radius 3 is 2.58 bits per heavy atom. The van der Waals surface area contributed by atoms with Crippen LogP contribution in [0.3, 0.4) is 0 Å². The van der Waals surface area contributed by atoms with Crippen molar-refractivity contribution in [3.63, 3.8) is 0 Å². The predicted octanol–water partition coefficient (Wildman–Crippen LogP) is 4.45. The molecule has 106 valence electrons. The molecule has 0 heterocycles. The summed E-state index contributed by atoms with van der Waals surface area (Å²) in [6.07, 6.45) is 2.76. The van der Waals surface area contributed by atoms with Crippen LogP contribution in [0.4, 0.5) is 0 Å². The molecule has 0 aliphatic rings. The summed E-state index contributed by atoms with van der Waals surface area (Å²) in [7, 11) is 0. The van der Waals surface area contributed by atoms with Gasteiger partial charge in [-0.2, -0.15) is 0 Å². The minimum absolute atomic E-state index is 0.0520. The minimum atomic E-state index is -0.138. The van der Waals surface area contributed by atoms with E-state index in [4.69, 9.17) is 4.74 Å². The summed E-state index contributed by atoms with van der Waals surface area (Å²) in [6, 6.07) is 3.42. The minimum Gasteiger partial charge on any atom is -0.504 e. The first-order valence-electron chi connectivity index (χ1n) is 6.73. The number of ketones is 1. The van der Waals surface area contributed by atoms with Gasteiger partial charge in [0.15, 0.2) is 22.3 Å². The number of rotatable bonds is 7. The highest BCUT2D eigenvalue weighted by atomic mass is 79.9. The molecule has 0 amide bonds. The zero-order valence-electron chi connectivity index (χ0n) is 11.7. The monoisotopic (exact) mass is 328 g/mol. The van der Waals surface area contributed by atoms with Gasteiger partial charge in [-0.1, -0.05) is 27.2 Å². The third kappa shape index (κ3) is 3.96. The molecular formula is C15H21BrO3. The van der Waals surface area contributed by atoms with Gasteiger partial charge in [0.25, 0.3) is 0 Å². The van der Waals surface area contributed by atoms with E-state index in [-0.39, 0.29) is 16.5 Å². The molecule has 1 aromatic carbocycles. The van der Waals surface area contributed by atoms with Gasteiger partial charge in [-0.25, -0.2) is 0 Å². The van der Waals surface area contributed by atoms with E-state index < -0.39 is 0 Å². The molecule has 1 rings (SSSR count). The van der Waals surface area contributed by atoms with Crippen molar-refractivity contribution >= 4 is 21.7 Å². The average Bonchev–Trinajstić information content (AvgIpc) is 2.42. The van der Waals surface area contributed by atoms with E-state index in [9.17, 15) is 9.90 Å². The third-order valence-corrected chi connectivity index (χ3v) is 3.78. The zero-order chi connectivity index (χ0) is 14.4. The van der Waals surface area contributed by atoms with Crippen molar-refractivity contribution in [3.05, 3.63) is 23.3 Å². The number of phenols is 1. The normalized spacial score (nSPS) is 12.2. The molecule has 1 unspecified atom stereocenters. The van der Waals surface area contributed by atoms with Crippen LogP contribution in [-0.4, -0.2) is 15.9 Å². The van der Waals surface area contributed by atoms with Crippen LogP contribution in [-0.2, 0) is 6.42 Å². The van der Waals surface area contributed by atoms with Crippen molar-refractivity contribution in [1.29, 1.82) is 0 Å². The predicted molar refractivity (Wildman–Crippen MR) is 80.4 cm³/mol. The van der Waals surface area contributed by atoms with Gasteiger partial charge in [0.05, 0.1) is 0 Å². The largest absolute Gasteiger partial charge is 0.504 e. The molecule has 19 heavy (non-hydrogen) atoms. The number of hydrogen-bond donors (Lipinski definition) is 1. The molecule has 0 saturated carbocycles. The Hall–Kier alpha value is -1.03. The average molecular weight is 329 g/mol. The maximum absolute atomic E-state index is 11.9. The van der Waals surface area contributed by atoms with Crippen molar-refractivity contribution < 1.29 is 14.6 Å². The summed E-state index contributed by atoms with van der Waals surface area (Å²) in [4.78, 5) is 11.9. The topological polar surface area (TPSA) is 46.5 Å². The molecule has 0 fully saturated rings. The first kappa shape index (κ1) is 16.0. The van der Waals surface area contributed by atoms with Gasteiger partial charge in [0, 0.05) is 17.5 Å². The lowest BCUT2D eigenvalue weighted by molar-refractivity contribution is 0.0986. The Labute approximate surface area is 123 Å². The molecule has 1 atom stereocenters. The van der Waals surface area contributed by atoms with Gasteiger partial charge >= 0.3 is 0 Å². The highest BCUT2D eigenvalue weighted by Gasteiger charge is 2.18. The molecule has 0 aliphatic carbocycles. The maximum Gasteiger partial charge on any atom is 0.163 e. The number of alkyl halides is 1. The number of hydrogen-bond acceptors (Lipinski definition) is 3. The summed E-state index contributed by atoms with van der Waals surface area (Å²) in [5, 5.41) is 10.2. The van der Waals surface area contributed by atoms with E-state index in [2.05, 4.69) is 15.9 Å². The molecule has 1 aromatic rings. The number of aromatic hydroxyl groups is 1. The summed E-state index contributed by atoms with van der Waals surface area (Å²) in [6.45, 7) is 5.83. The Bertz CT molecular complexity index is 443. The van der Waals surface area contributed by atoms with E-state index in [0.29, 0.717) is 29.7 Å². The summed E-state index contributed by atoms with van der Waals surface area (Å²) >= 11 is 3.37. The van der Waals surface area contributed by atoms with Gasteiger partial charge in [0.2, 0.25) is 0 Å². The van der Waals surface area contributed by atoms with Gasteiger partial charge in [0.1, 0.15) is 0 Å². The van der Waals surface area contributed by atoms with E-state index in [1.54, 1.807) is 12.1 Å². The Kier molecular flexibility index (Phi) is 6.35. The van der Waals surface area contributed by atoms with Gasteiger partial charge < -0.3 is 9.84 Å². The number of carbonyl (C=O) groups excluding carboxylic acids is 1. The van der Waals surface area contributed by atoms with Crippen LogP contribution in [0.5, 0.6) is 11.5 Å². The molecule has 0 bridgehead atoms. The van der Waals surface area contributed by atoms with Crippen molar-refractivity contribution in [2.75, 3.05) is 0 Å². The number of carbonyl (C=O) groups is 1. The Morgan fingerprint density at radius 1 is 1.37 bits per heavy atom. The smallest absolute Gasteiger partial charge is 0.163 e.